The van der Waals surface area contributed by atoms with E-state index in [0.717, 1.165) is 22.5 Å². The number of nitrogens with zero attached hydrogens (tertiary/aromatic N) is 1. The Morgan fingerprint density at radius 3 is 2.42 bits per heavy atom. The van der Waals surface area contributed by atoms with E-state index in [4.69, 9.17) is 0 Å². The van der Waals surface area contributed by atoms with Crippen LogP contribution in [0.25, 0.3) is 0 Å². The molecule has 0 atom stereocenters. The van der Waals surface area contributed by atoms with Crippen LogP contribution in [0.1, 0.15) is 18.4 Å². The minimum atomic E-state index is -4.94. The normalized spacial score (nSPS) is 16.2. The molecule has 1 fully saturated rings. The first-order valence-corrected chi connectivity index (χ1v) is 10.8. The maximum Gasteiger partial charge on any atom is 0.573 e. The van der Waals surface area contributed by atoms with Crippen LogP contribution in [0.5, 0.6) is 5.75 Å². The zero-order valence-electron chi connectivity index (χ0n) is 16.4. The minimum Gasteiger partial charge on any atom is -0.406 e. The summed E-state index contributed by atoms with van der Waals surface area (Å²) in [6.45, 7) is 1.64. The largest absolute Gasteiger partial charge is 0.573 e. The second kappa shape index (κ2) is 8.83. The zero-order valence-corrected chi connectivity index (χ0v) is 17.3. The standard InChI is InChI=1S/C20H20F4N2O4S/c1-13-5-6-15(11-18(13)21)25-19(27)14-7-9-26(10-8-14)31(28,29)17-4-2-3-16(12-17)30-20(22,23)24/h2-6,11-12,14H,7-10H2,1H3,(H,25,27). The fourth-order valence-electron chi connectivity index (χ4n) is 3.25. The Balaban J connectivity index is 1.63. The van der Waals surface area contributed by atoms with Gasteiger partial charge in [0.15, 0.2) is 0 Å². The summed E-state index contributed by atoms with van der Waals surface area (Å²) >= 11 is 0. The molecule has 6 nitrogen and oxygen atoms in total. The number of benzene rings is 2. The third-order valence-corrected chi connectivity index (χ3v) is 6.84. The van der Waals surface area contributed by atoms with E-state index in [1.165, 1.54) is 18.2 Å². The Hall–Kier alpha value is -2.66. The van der Waals surface area contributed by atoms with Crippen LogP contribution in [0.3, 0.4) is 0 Å². The van der Waals surface area contributed by atoms with Crippen LogP contribution in [0.15, 0.2) is 47.4 Å². The number of amides is 1. The number of nitrogens with one attached hydrogen (secondary N) is 1. The number of carbonyl (C=O) groups excluding carboxylic acids is 1. The fourth-order valence-corrected chi connectivity index (χ4v) is 4.76. The van der Waals surface area contributed by atoms with E-state index in [-0.39, 0.29) is 36.7 Å². The molecular formula is C20H20F4N2O4S. The molecule has 0 bridgehead atoms. The third-order valence-electron chi connectivity index (χ3n) is 4.94. The average Bonchev–Trinajstić information content (AvgIpc) is 2.70. The maximum atomic E-state index is 13.6. The molecule has 1 amide bonds. The number of halogens is 4. The molecule has 1 saturated heterocycles. The summed E-state index contributed by atoms with van der Waals surface area (Å²) in [7, 11) is -4.05. The summed E-state index contributed by atoms with van der Waals surface area (Å²) < 4.78 is 81.3. The summed E-state index contributed by atoms with van der Waals surface area (Å²) in [5.74, 6) is -1.90. The predicted octanol–water partition coefficient (Wildman–Crippen LogP) is 4.07. The van der Waals surface area contributed by atoms with Crippen molar-refractivity contribution < 1.29 is 35.5 Å². The number of sulfonamides is 1. The number of aryl methyl sites for hydroxylation is 1. The third kappa shape index (κ3) is 5.73. The van der Waals surface area contributed by atoms with Gasteiger partial charge in [-0.2, -0.15) is 4.31 Å². The number of hydrogen-bond acceptors (Lipinski definition) is 4. The maximum absolute atomic E-state index is 13.6. The van der Waals surface area contributed by atoms with Gasteiger partial charge in [0.25, 0.3) is 0 Å². The monoisotopic (exact) mass is 460 g/mol. The second-order valence-electron chi connectivity index (χ2n) is 7.15. The molecule has 0 aliphatic carbocycles. The molecule has 1 aliphatic heterocycles. The van der Waals surface area contributed by atoms with Gasteiger partial charge in [0.1, 0.15) is 11.6 Å². The van der Waals surface area contributed by atoms with E-state index < -0.39 is 33.9 Å². The van der Waals surface area contributed by atoms with Crippen molar-refractivity contribution in [3.8, 4) is 5.75 Å². The Bertz CT molecular complexity index is 1070. The van der Waals surface area contributed by atoms with Crippen molar-refractivity contribution in [3.05, 3.63) is 53.8 Å². The van der Waals surface area contributed by atoms with Crippen molar-refractivity contribution in [1.82, 2.24) is 4.31 Å². The summed E-state index contributed by atoms with van der Waals surface area (Å²) in [6.07, 6.45) is -4.50. The molecule has 0 radical (unpaired) electrons. The molecule has 0 unspecified atom stereocenters. The topological polar surface area (TPSA) is 75.7 Å². The first kappa shape index (κ1) is 23.0. The van der Waals surface area contributed by atoms with Crippen LogP contribution in [0.2, 0.25) is 0 Å². The molecule has 1 aliphatic rings. The molecule has 2 aromatic carbocycles. The van der Waals surface area contributed by atoms with Gasteiger partial charge in [-0.3, -0.25) is 4.79 Å². The van der Waals surface area contributed by atoms with Gasteiger partial charge in [0, 0.05) is 30.8 Å². The van der Waals surface area contributed by atoms with Gasteiger partial charge >= 0.3 is 6.36 Å². The molecule has 0 spiro atoms. The first-order valence-electron chi connectivity index (χ1n) is 9.39. The van der Waals surface area contributed by atoms with Crippen molar-refractivity contribution in [2.75, 3.05) is 18.4 Å². The van der Waals surface area contributed by atoms with Crippen molar-refractivity contribution in [2.45, 2.75) is 31.0 Å². The molecule has 31 heavy (non-hydrogen) atoms. The summed E-state index contributed by atoms with van der Waals surface area (Å²) in [5.41, 5.74) is 0.755. The predicted molar refractivity (Wildman–Crippen MR) is 104 cm³/mol. The average molecular weight is 460 g/mol. The Kier molecular flexibility index (Phi) is 6.56. The number of carbonyl (C=O) groups is 1. The smallest absolute Gasteiger partial charge is 0.406 e. The molecule has 0 saturated carbocycles. The van der Waals surface area contributed by atoms with E-state index in [2.05, 4.69) is 10.1 Å². The zero-order chi connectivity index (χ0) is 22.8. The van der Waals surface area contributed by atoms with Gasteiger partial charge in [0.2, 0.25) is 15.9 Å². The van der Waals surface area contributed by atoms with Gasteiger partial charge in [-0.25, -0.2) is 12.8 Å². The molecule has 1 heterocycles. The molecule has 0 aromatic heterocycles. The first-order chi connectivity index (χ1) is 14.5. The van der Waals surface area contributed by atoms with Gasteiger partial charge < -0.3 is 10.1 Å². The number of hydrogen-bond donors (Lipinski definition) is 1. The van der Waals surface area contributed by atoms with Crippen LogP contribution in [-0.2, 0) is 14.8 Å². The van der Waals surface area contributed by atoms with E-state index in [0.29, 0.717) is 11.3 Å². The lowest BCUT2D eigenvalue weighted by atomic mass is 9.97. The second-order valence-corrected chi connectivity index (χ2v) is 9.09. The van der Waals surface area contributed by atoms with Crippen molar-refractivity contribution in [2.24, 2.45) is 5.92 Å². The number of ether oxygens (including phenoxy) is 1. The van der Waals surface area contributed by atoms with Crippen LogP contribution in [-0.4, -0.2) is 38.1 Å². The fraction of sp³-hybridized carbons (Fsp3) is 0.350. The lowest BCUT2D eigenvalue weighted by molar-refractivity contribution is -0.274. The molecule has 1 N–H and O–H groups in total. The SMILES string of the molecule is Cc1ccc(NC(=O)C2CCN(S(=O)(=O)c3cccc(OC(F)(F)F)c3)CC2)cc1F. The van der Waals surface area contributed by atoms with E-state index in [1.807, 2.05) is 0 Å². The highest BCUT2D eigenvalue weighted by Crippen LogP contribution is 2.29. The highest BCUT2D eigenvalue weighted by atomic mass is 32.2. The molecule has 168 valence electrons. The number of rotatable bonds is 5. The molecule has 11 heteroatoms. The van der Waals surface area contributed by atoms with E-state index >= 15 is 0 Å². The van der Waals surface area contributed by atoms with Crippen LogP contribution < -0.4 is 10.1 Å². The van der Waals surface area contributed by atoms with E-state index in [9.17, 15) is 30.8 Å². The quantitative estimate of drug-likeness (QED) is 0.683. The summed E-state index contributed by atoms with van der Waals surface area (Å²) in [6, 6.07) is 8.49. The number of alkyl halides is 3. The van der Waals surface area contributed by atoms with Gasteiger partial charge in [-0.15, -0.1) is 13.2 Å². The highest BCUT2D eigenvalue weighted by molar-refractivity contribution is 7.89. The summed E-state index contributed by atoms with van der Waals surface area (Å²) in [5, 5.41) is 2.62. The van der Waals surface area contributed by atoms with Crippen molar-refractivity contribution in [3.63, 3.8) is 0 Å². The molecular weight excluding hydrogens is 440 g/mol. The lowest BCUT2D eigenvalue weighted by Crippen LogP contribution is -2.41. The molecule has 3 rings (SSSR count). The van der Waals surface area contributed by atoms with Gasteiger partial charge in [0.05, 0.1) is 4.90 Å². The highest BCUT2D eigenvalue weighted by Gasteiger charge is 2.34. The van der Waals surface area contributed by atoms with E-state index in [1.54, 1.807) is 13.0 Å². The van der Waals surface area contributed by atoms with Crippen molar-refractivity contribution >= 4 is 21.6 Å². The van der Waals surface area contributed by atoms with Gasteiger partial charge in [-0.05, 0) is 49.6 Å². The Labute approximate surface area is 176 Å². The minimum absolute atomic E-state index is 0.0209. The summed E-state index contributed by atoms with van der Waals surface area (Å²) in [4.78, 5) is 12.1. The van der Waals surface area contributed by atoms with Gasteiger partial charge in [-0.1, -0.05) is 12.1 Å². The van der Waals surface area contributed by atoms with Crippen LogP contribution in [0, 0.1) is 18.7 Å². The Morgan fingerprint density at radius 1 is 1.13 bits per heavy atom. The van der Waals surface area contributed by atoms with Crippen molar-refractivity contribution in [1.29, 1.82) is 0 Å². The number of anilines is 1. The van der Waals surface area contributed by atoms with Crippen LogP contribution in [0.4, 0.5) is 23.2 Å². The lowest BCUT2D eigenvalue weighted by Gasteiger charge is -2.30. The number of piperidine rings is 1. The molecule has 2 aromatic rings. The van der Waals surface area contributed by atoms with Crippen LogP contribution >= 0.6 is 0 Å². The Morgan fingerprint density at radius 2 is 1.81 bits per heavy atom.